The molecule has 2 aliphatic heterocycles. The normalized spacial score (nSPS) is 15.6. The van der Waals surface area contributed by atoms with E-state index in [0.29, 0.717) is 41.3 Å². The third kappa shape index (κ3) is 10.6. The molecule has 0 bridgehead atoms. The summed E-state index contributed by atoms with van der Waals surface area (Å²) in [5.74, 6) is -0.959. The molecule has 16 nitrogen and oxygen atoms in total. The summed E-state index contributed by atoms with van der Waals surface area (Å²) in [5, 5.41) is 11.0. The monoisotopic (exact) mass is 860 g/mol. The summed E-state index contributed by atoms with van der Waals surface area (Å²) in [6.45, 7) is 6.07. The molecule has 2 fully saturated rings. The standard InChI is InChI=1S/C47H56N8O8/c1-32-5-10-36(29-39(32)55-22-17-41(56)51-46(55)61)43(58)48-21-26-63-28-27-62-25-18-42(57)50-37-13-8-33(9-14-37)30-49-44(59)38-15-16-40-47(19-4-20-47)53(23-24-54(38)40)31-34-6-11-35(12-7-34)45(60)52(2)3/h5-16,29H,4,17-28,30-31H2,1-3H3,(H,48,58)(H,49,59)(H,50,57)(H,51,56,61). The molecule has 1 saturated carbocycles. The predicted molar refractivity (Wildman–Crippen MR) is 236 cm³/mol. The van der Waals surface area contributed by atoms with E-state index in [1.807, 2.05) is 61.5 Å². The molecule has 0 atom stereocenters. The van der Waals surface area contributed by atoms with Crippen molar-refractivity contribution in [2.75, 3.05) is 70.4 Å². The third-order valence-electron chi connectivity index (χ3n) is 11.9. The molecular formula is C47H56N8O8. The Labute approximate surface area is 367 Å². The summed E-state index contributed by atoms with van der Waals surface area (Å²) in [6.07, 6.45) is 3.58. The van der Waals surface area contributed by atoms with E-state index in [0.717, 1.165) is 49.0 Å². The highest BCUT2D eigenvalue weighted by atomic mass is 16.5. The molecule has 3 aromatic carbocycles. The highest BCUT2D eigenvalue weighted by Gasteiger charge is 2.48. The van der Waals surface area contributed by atoms with Gasteiger partial charge >= 0.3 is 6.03 Å². The van der Waals surface area contributed by atoms with Gasteiger partial charge in [-0.3, -0.25) is 39.1 Å². The van der Waals surface area contributed by atoms with Crippen molar-refractivity contribution in [2.24, 2.45) is 0 Å². The van der Waals surface area contributed by atoms with Gasteiger partial charge in [0.15, 0.2) is 0 Å². The Hall–Kier alpha value is -6.36. The first-order valence-corrected chi connectivity index (χ1v) is 21.5. The molecule has 4 aromatic rings. The maximum absolute atomic E-state index is 13.5. The number of hydrogen-bond acceptors (Lipinski definition) is 9. The number of amides is 7. The van der Waals surface area contributed by atoms with Gasteiger partial charge in [0.2, 0.25) is 11.8 Å². The fourth-order valence-corrected chi connectivity index (χ4v) is 8.32. The number of nitrogens with zero attached hydrogens (tertiary/aromatic N) is 4. The number of anilines is 2. The van der Waals surface area contributed by atoms with Crippen LogP contribution in [-0.2, 0) is 44.2 Å². The van der Waals surface area contributed by atoms with Crippen LogP contribution < -0.4 is 26.2 Å². The lowest BCUT2D eigenvalue weighted by molar-refractivity contribution is -0.120. The van der Waals surface area contributed by atoms with Crippen LogP contribution in [0.15, 0.2) is 78.9 Å². The Morgan fingerprint density at radius 2 is 1.49 bits per heavy atom. The van der Waals surface area contributed by atoms with Gasteiger partial charge < -0.3 is 34.9 Å². The summed E-state index contributed by atoms with van der Waals surface area (Å²) in [7, 11) is 3.51. The summed E-state index contributed by atoms with van der Waals surface area (Å²) in [6, 6.07) is 23.9. The van der Waals surface area contributed by atoms with Crippen LogP contribution in [0.1, 0.15) is 85.7 Å². The molecule has 16 heteroatoms. The van der Waals surface area contributed by atoms with E-state index in [-0.39, 0.29) is 87.4 Å². The zero-order chi connectivity index (χ0) is 44.5. The molecule has 1 spiro atoms. The molecule has 1 saturated heterocycles. The van der Waals surface area contributed by atoms with Crippen LogP contribution in [-0.4, -0.2) is 110 Å². The van der Waals surface area contributed by atoms with Crippen molar-refractivity contribution < 1.29 is 38.2 Å². The highest BCUT2D eigenvalue weighted by Crippen LogP contribution is 2.49. The number of nitrogens with one attached hydrogen (secondary N) is 4. The van der Waals surface area contributed by atoms with Crippen LogP contribution in [0.5, 0.6) is 0 Å². The summed E-state index contributed by atoms with van der Waals surface area (Å²) in [5.41, 5.74) is 6.90. The minimum absolute atomic E-state index is 0.0101. The second-order valence-electron chi connectivity index (χ2n) is 16.4. The Balaban J connectivity index is 0.772. The van der Waals surface area contributed by atoms with Crippen molar-refractivity contribution in [1.82, 2.24) is 30.3 Å². The van der Waals surface area contributed by atoms with Crippen molar-refractivity contribution in [2.45, 2.75) is 64.2 Å². The maximum Gasteiger partial charge on any atom is 0.328 e. The first-order valence-electron chi connectivity index (χ1n) is 21.5. The molecule has 0 unspecified atom stereocenters. The molecule has 4 N–H and O–H groups in total. The first-order chi connectivity index (χ1) is 30.4. The van der Waals surface area contributed by atoms with Gasteiger partial charge in [-0.25, -0.2) is 4.79 Å². The van der Waals surface area contributed by atoms with Gasteiger partial charge in [-0.2, -0.15) is 0 Å². The number of fused-ring (bicyclic) bond motifs is 2. The lowest BCUT2D eigenvalue weighted by Crippen LogP contribution is -2.56. The molecule has 7 amide bonds. The fourth-order valence-electron chi connectivity index (χ4n) is 8.32. The van der Waals surface area contributed by atoms with Gasteiger partial charge in [0.25, 0.3) is 17.7 Å². The Bertz CT molecular complexity index is 2320. The van der Waals surface area contributed by atoms with Gasteiger partial charge in [0.1, 0.15) is 5.69 Å². The van der Waals surface area contributed by atoms with E-state index in [1.54, 1.807) is 37.2 Å². The second kappa shape index (κ2) is 20.2. The topological polar surface area (TPSA) is 184 Å². The van der Waals surface area contributed by atoms with Crippen LogP contribution in [0.25, 0.3) is 0 Å². The number of carbonyl (C=O) groups is 6. The van der Waals surface area contributed by atoms with E-state index in [9.17, 15) is 28.8 Å². The Morgan fingerprint density at radius 1 is 0.778 bits per heavy atom. The average Bonchev–Trinajstić information content (AvgIpc) is 3.70. The van der Waals surface area contributed by atoms with Crippen molar-refractivity contribution in [3.05, 3.63) is 118 Å². The number of benzene rings is 3. The number of urea groups is 1. The largest absolute Gasteiger partial charge is 0.379 e. The first kappa shape index (κ1) is 44.7. The number of rotatable bonds is 18. The number of imide groups is 1. The Kier molecular flexibility index (Phi) is 14.3. The lowest BCUT2D eigenvalue weighted by Gasteiger charge is -2.53. The molecule has 7 rings (SSSR count). The van der Waals surface area contributed by atoms with Gasteiger partial charge in [-0.1, -0.05) is 30.3 Å². The minimum atomic E-state index is -0.507. The van der Waals surface area contributed by atoms with E-state index < -0.39 is 6.03 Å². The smallest absolute Gasteiger partial charge is 0.328 e. The summed E-state index contributed by atoms with van der Waals surface area (Å²) < 4.78 is 13.3. The predicted octanol–water partition coefficient (Wildman–Crippen LogP) is 4.56. The molecule has 1 aliphatic carbocycles. The molecule has 63 heavy (non-hydrogen) atoms. The molecular weight excluding hydrogens is 805 g/mol. The van der Waals surface area contributed by atoms with Crippen LogP contribution >= 0.6 is 0 Å². The fraction of sp³-hybridized carbons (Fsp3) is 0.404. The van der Waals surface area contributed by atoms with Gasteiger partial charge in [0, 0.05) is 88.0 Å². The quantitative estimate of drug-likeness (QED) is 0.104. The van der Waals surface area contributed by atoms with Crippen LogP contribution in [0.4, 0.5) is 16.2 Å². The van der Waals surface area contributed by atoms with Crippen molar-refractivity contribution in [3.63, 3.8) is 0 Å². The molecule has 3 aliphatic rings. The SMILES string of the molecule is Cc1ccc(C(=O)NCCOCCOCCC(=O)Nc2ccc(CNC(=O)c3ccc4n3CCN(Cc3ccc(C(=O)N(C)C)cc3)C43CCC3)cc2)cc1N1CCC(=O)NC1=O. The number of ether oxygens (including phenoxy) is 2. The zero-order valence-electron chi connectivity index (χ0n) is 36.2. The number of aryl methyl sites for hydroxylation is 1. The zero-order valence-corrected chi connectivity index (χ0v) is 36.2. The number of aromatic nitrogens is 1. The number of hydrogen-bond donors (Lipinski definition) is 4. The van der Waals surface area contributed by atoms with E-state index >= 15 is 0 Å². The van der Waals surface area contributed by atoms with Crippen molar-refractivity contribution in [1.29, 1.82) is 0 Å². The summed E-state index contributed by atoms with van der Waals surface area (Å²) in [4.78, 5) is 80.5. The molecule has 332 valence electrons. The van der Waals surface area contributed by atoms with Crippen LogP contribution in [0, 0.1) is 6.92 Å². The molecule has 3 heterocycles. The maximum atomic E-state index is 13.5. The highest BCUT2D eigenvalue weighted by molar-refractivity contribution is 6.06. The molecule has 1 aromatic heterocycles. The van der Waals surface area contributed by atoms with Crippen LogP contribution in [0.3, 0.4) is 0 Å². The lowest BCUT2D eigenvalue weighted by atomic mass is 9.71. The van der Waals surface area contributed by atoms with Crippen molar-refractivity contribution >= 4 is 46.9 Å². The van der Waals surface area contributed by atoms with E-state index in [1.165, 1.54) is 10.6 Å². The summed E-state index contributed by atoms with van der Waals surface area (Å²) >= 11 is 0. The minimum Gasteiger partial charge on any atom is -0.379 e. The van der Waals surface area contributed by atoms with Gasteiger partial charge in [0.05, 0.1) is 38.4 Å². The molecule has 0 radical (unpaired) electrons. The van der Waals surface area contributed by atoms with Crippen molar-refractivity contribution in [3.8, 4) is 0 Å². The van der Waals surface area contributed by atoms with Gasteiger partial charge in [-0.15, -0.1) is 0 Å². The average molecular weight is 861 g/mol. The number of carbonyl (C=O) groups excluding carboxylic acids is 6. The van der Waals surface area contributed by atoms with E-state index in [2.05, 4.69) is 36.8 Å². The third-order valence-corrected chi connectivity index (χ3v) is 11.9. The van der Waals surface area contributed by atoms with Crippen LogP contribution in [0.2, 0.25) is 0 Å². The Morgan fingerprint density at radius 3 is 2.19 bits per heavy atom. The van der Waals surface area contributed by atoms with Gasteiger partial charge in [-0.05, 0) is 91.4 Å². The second-order valence-corrected chi connectivity index (χ2v) is 16.4. The van der Waals surface area contributed by atoms with E-state index in [4.69, 9.17) is 9.47 Å².